The first-order valence-corrected chi connectivity index (χ1v) is 6.53. The lowest BCUT2D eigenvalue weighted by atomic mass is 10.2. The molecule has 4 N–H and O–H groups in total. The third-order valence-electron chi connectivity index (χ3n) is 3.03. The van der Waals surface area contributed by atoms with Crippen molar-refractivity contribution in [1.29, 1.82) is 0 Å². The lowest BCUT2D eigenvalue weighted by Crippen LogP contribution is -2.36. The third kappa shape index (κ3) is 3.80. The Morgan fingerprint density at radius 2 is 2.14 bits per heavy atom. The first-order chi connectivity index (χ1) is 10.1. The monoisotopic (exact) mass is 290 g/mol. The molecule has 0 spiro atoms. The van der Waals surface area contributed by atoms with Gasteiger partial charge in [0, 0.05) is 31.8 Å². The number of carbonyl (C=O) groups excluding carboxylic acids is 1. The van der Waals surface area contributed by atoms with E-state index in [2.05, 4.69) is 10.3 Å². The highest BCUT2D eigenvalue weighted by Crippen LogP contribution is 2.12. The fraction of sp³-hybridized carbons (Fsp3) is 0.286. The van der Waals surface area contributed by atoms with Crippen LogP contribution in [-0.4, -0.2) is 35.2 Å². The van der Waals surface area contributed by atoms with Crippen LogP contribution in [0.15, 0.2) is 41.5 Å². The molecule has 0 fully saturated rings. The van der Waals surface area contributed by atoms with E-state index in [0.717, 1.165) is 0 Å². The predicted octanol–water partition coefficient (Wildman–Crippen LogP) is 0.468. The van der Waals surface area contributed by atoms with Crippen molar-refractivity contribution in [2.24, 2.45) is 5.73 Å². The number of hydrogen-bond donors (Lipinski definition) is 3. The second kappa shape index (κ2) is 6.87. The molecule has 0 radical (unpaired) electrons. The summed E-state index contributed by atoms with van der Waals surface area (Å²) in [4.78, 5) is 25.9. The molecule has 1 aromatic heterocycles. The summed E-state index contributed by atoms with van der Waals surface area (Å²) in [6.07, 6.45) is 3.66. The summed E-state index contributed by atoms with van der Waals surface area (Å²) in [5.74, 6) is -0.265. The molecule has 0 saturated heterocycles. The van der Waals surface area contributed by atoms with Crippen molar-refractivity contribution in [3.05, 3.63) is 47.1 Å². The zero-order valence-electron chi connectivity index (χ0n) is 11.7. The number of imidazole rings is 1. The van der Waals surface area contributed by atoms with Gasteiger partial charge in [-0.1, -0.05) is 0 Å². The molecule has 0 aliphatic rings. The Hall–Kier alpha value is -2.38. The zero-order valence-corrected chi connectivity index (χ0v) is 11.7. The van der Waals surface area contributed by atoms with Gasteiger partial charge in [0.15, 0.2) is 0 Å². The summed E-state index contributed by atoms with van der Waals surface area (Å²) in [6.45, 7) is 0.434. The minimum Gasteiger partial charge on any atom is -0.385 e. The molecule has 7 heteroatoms. The maximum Gasteiger partial charge on any atom is 0.330 e. The molecule has 1 amide bonds. The van der Waals surface area contributed by atoms with Crippen LogP contribution in [0, 0.1) is 0 Å². The maximum absolute atomic E-state index is 11.8. The average Bonchev–Trinajstić information content (AvgIpc) is 2.91. The molecule has 1 heterocycles. The van der Waals surface area contributed by atoms with Crippen molar-refractivity contribution < 1.29 is 9.53 Å². The standard InChI is InChI=1S/C14H18N4O3/c1-21-9-6-12(15)13(19)17-10-2-4-11(5-3-10)18-8-7-16-14(18)20/h2-5,7-8,12H,6,9,15H2,1H3,(H,16,20)(H,17,19). The summed E-state index contributed by atoms with van der Waals surface area (Å²) in [5.41, 5.74) is 6.86. The van der Waals surface area contributed by atoms with Crippen molar-refractivity contribution in [2.75, 3.05) is 19.0 Å². The van der Waals surface area contributed by atoms with Crippen LogP contribution in [0.2, 0.25) is 0 Å². The van der Waals surface area contributed by atoms with Gasteiger partial charge in [0.1, 0.15) is 0 Å². The van der Waals surface area contributed by atoms with E-state index in [9.17, 15) is 9.59 Å². The second-order valence-corrected chi connectivity index (χ2v) is 4.56. The second-order valence-electron chi connectivity index (χ2n) is 4.56. The number of benzene rings is 1. The lowest BCUT2D eigenvalue weighted by molar-refractivity contribution is -0.117. The molecule has 0 aliphatic heterocycles. The molecule has 1 aromatic carbocycles. The van der Waals surface area contributed by atoms with Crippen molar-refractivity contribution in [3.63, 3.8) is 0 Å². The molecule has 1 atom stereocenters. The number of nitrogens with zero attached hydrogens (tertiary/aromatic N) is 1. The molecule has 2 aromatic rings. The Kier molecular flexibility index (Phi) is 4.91. The quantitative estimate of drug-likeness (QED) is 0.719. The highest BCUT2D eigenvalue weighted by Gasteiger charge is 2.13. The van der Waals surface area contributed by atoms with E-state index < -0.39 is 6.04 Å². The Balaban J connectivity index is 2.01. The Bertz CT molecular complexity index is 645. The lowest BCUT2D eigenvalue weighted by Gasteiger charge is -2.12. The van der Waals surface area contributed by atoms with Gasteiger partial charge >= 0.3 is 5.69 Å². The summed E-state index contributed by atoms with van der Waals surface area (Å²) in [6, 6.07) is 6.31. The SMILES string of the molecule is COCCC(N)C(=O)Nc1ccc(-n2cc[nH]c2=O)cc1. The van der Waals surface area contributed by atoms with Crippen molar-refractivity contribution in [1.82, 2.24) is 9.55 Å². The number of aromatic nitrogens is 2. The first kappa shape index (κ1) is 15.0. The fourth-order valence-electron chi connectivity index (χ4n) is 1.84. The van der Waals surface area contributed by atoms with Crippen molar-refractivity contribution in [2.45, 2.75) is 12.5 Å². The normalized spacial score (nSPS) is 12.1. The summed E-state index contributed by atoms with van der Waals surface area (Å²) >= 11 is 0. The van der Waals surface area contributed by atoms with Gasteiger partial charge in [0.25, 0.3) is 0 Å². The number of nitrogens with one attached hydrogen (secondary N) is 2. The number of amides is 1. The van der Waals surface area contributed by atoms with Crippen LogP contribution < -0.4 is 16.7 Å². The molecular formula is C14H18N4O3. The topological polar surface area (TPSA) is 102 Å². The highest BCUT2D eigenvalue weighted by molar-refractivity contribution is 5.94. The van der Waals surface area contributed by atoms with Crippen LogP contribution in [0.1, 0.15) is 6.42 Å². The number of carbonyl (C=O) groups is 1. The predicted molar refractivity (Wildman–Crippen MR) is 79.5 cm³/mol. The molecule has 112 valence electrons. The Labute approximate surface area is 121 Å². The molecule has 2 rings (SSSR count). The van der Waals surface area contributed by atoms with E-state index >= 15 is 0 Å². The van der Waals surface area contributed by atoms with Gasteiger partial charge in [-0.05, 0) is 30.7 Å². The van der Waals surface area contributed by atoms with Gasteiger partial charge in [-0.2, -0.15) is 0 Å². The van der Waals surface area contributed by atoms with Crippen LogP contribution in [0.25, 0.3) is 5.69 Å². The number of hydrogen-bond acceptors (Lipinski definition) is 4. The molecule has 7 nitrogen and oxygen atoms in total. The number of rotatable bonds is 6. The van der Waals surface area contributed by atoms with Crippen LogP contribution in [0.5, 0.6) is 0 Å². The van der Waals surface area contributed by atoms with E-state index in [1.165, 1.54) is 4.57 Å². The number of nitrogens with two attached hydrogens (primary N) is 1. The number of aromatic amines is 1. The molecule has 0 bridgehead atoms. The van der Waals surface area contributed by atoms with Crippen molar-refractivity contribution in [3.8, 4) is 5.69 Å². The smallest absolute Gasteiger partial charge is 0.330 e. The molecule has 21 heavy (non-hydrogen) atoms. The summed E-state index contributed by atoms with van der Waals surface area (Å²) in [7, 11) is 1.56. The first-order valence-electron chi connectivity index (χ1n) is 6.53. The fourth-order valence-corrected chi connectivity index (χ4v) is 1.84. The van der Waals surface area contributed by atoms with Gasteiger partial charge in [-0.25, -0.2) is 4.79 Å². The van der Waals surface area contributed by atoms with E-state index in [-0.39, 0.29) is 11.6 Å². The van der Waals surface area contributed by atoms with Gasteiger partial charge in [-0.15, -0.1) is 0 Å². The third-order valence-corrected chi connectivity index (χ3v) is 3.03. The number of H-pyrrole nitrogens is 1. The Morgan fingerprint density at radius 1 is 1.43 bits per heavy atom. The van der Waals surface area contributed by atoms with E-state index in [4.69, 9.17) is 10.5 Å². The minimum absolute atomic E-state index is 0.214. The maximum atomic E-state index is 11.8. The van der Waals surface area contributed by atoms with Gasteiger partial charge in [-0.3, -0.25) is 9.36 Å². The van der Waals surface area contributed by atoms with E-state index in [1.54, 1.807) is 43.8 Å². The molecule has 0 saturated carbocycles. The van der Waals surface area contributed by atoms with E-state index in [1.807, 2.05) is 0 Å². The van der Waals surface area contributed by atoms with Crippen LogP contribution in [-0.2, 0) is 9.53 Å². The van der Waals surface area contributed by atoms with Crippen LogP contribution in [0.4, 0.5) is 5.69 Å². The van der Waals surface area contributed by atoms with Gasteiger partial charge < -0.3 is 20.8 Å². The molecule has 1 unspecified atom stereocenters. The summed E-state index contributed by atoms with van der Waals surface area (Å²) in [5, 5.41) is 2.72. The Morgan fingerprint density at radius 3 is 2.71 bits per heavy atom. The summed E-state index contributed by atoms with van der Waals surface area (Å²) < 4.78 is 6.35. The largest absolute Gasteiger partial charge is 0.385 e. The van der Waals surface area contributed by atoms with Crippen LogP contribution >= 0.6 is 0 Å². The number of anilines is 1. The average molecular weight is 290 g/mol. The van der Waals surface area contributed by atoms with E-state index in [0.29, 0.717) is 24.4 Å². The van der Waals surface area contributed by atoms with Gasteiger partial charge in [0.05, 0.1) is 11.7 Å². The van der Waals surface area contributed by atoms with Crippen molar-refractivity contribution >= 4 is 11.6 Å². The number of methoxy groups -OCH3 is 1. The zero-order chi connectivity index (χ0) is 15.2. The highest BCUT2D eigenvalue weighted by atomic mass is 16.5. The minimum atomic E-state index is -0.614. The molecular weight excluding hydrogens is 272 g/mol. The molecule has 0 aliphatic carbocycles. The van der Waals surface area contributed by atoms with Crippen LogP contribution in [0.3, 0.4) is 0 Å². The number of ether oxygens (including phenoxy) is 1. The van der Waals surface area contributed by atoms with Gasteiger partial charge in [0.2, 0.25) is 5.91 Å².